The van der Waals surface area contributed by atoms with Gasteiger partial charge in [0.1, 0.15) is 12.4 Å². The minimum atomic E-state index is -0.562. The largest absolute Gasteiger partial charge is 0.493 e. The molecule has 0 aliphatic heterocycles. The third-order valence-corrected chi connectivity index (χ3v) is 3.66. The summed E-state index contributed by atoms with van der Waals surface area (Å²) in [4.78, 5) is 22.3. The van der Waals surface area contributed by atoms with E-state index in [1.165, 1.54) is 20.3 Å². The number of aldehydes is 1. The predicted molar refractivity (Wildman–Crippen MR) is 80.5 cm³/mol. The van der Waals surface area contributed by atoms with Crippen LogP contribution in [0.4, 0.5) is 0 Å². The van der Waals surface area contributed by atoms with E-state index in [2.05, 4.69) is 20.7 Å². The van der Waals surface area contributed by atoms with E-state index >= 15 is 0 Å². The van der Waals surface area contributed by atoms with Crippen molar-refractivity contribution in [3.8, 4) is 11.5 Å². The van der Waals surface area contributed by atoms with Crippen molar-refractivity contribution in [1.82, 2.24) is 0 Å². The number of esters is 1. The molecular weight excluding hydrogens is 356 g/mol. The first-order chi connectivity index (χ1) is 10.6. The molecule has 0 bridgehead atoms. The summed E-state index contributed by atoms with van der Waals surface area (Å²) in [7, 11) is 2.77. The second-order valence-electron chi connectivity index (χ2n) is 4.16. The van der Waals surface area contributed by atoms with Gasteiger partial charge in [-0.1, -0.05) is 0 Å². The molecule has 0 amide bonds. The Morgan fingerprint density at radius 3 is 2.68 bits per heavy atom. The van der Waals surface area contributed by atoms with Gasteiger partial charge in [-0.2, -0.15) is 0 Å². The first-order valence-corrected chi connectivity index (χ1v) is 7.01. The molecule has 0 unspecified atom stereocenters. The molecule has 0 spiro atoms. The molecule has 116 valence electrons. The van der Waals surface area contributed by atoms with Gasteiger partial charge in [0.25, 0.3) is 0 Å². The van der Waals surface area contributed by atoms with Gasteiger partial charge in [-0.15, -0.1) is 0 Å². The molecule has 1 aromatic heterocycles. The number of hydrogen-bond donors (Lipinski definition) is 0. The number of methoxy groups -OCH3 is 2. The van der Waals surface area contributed by atoms with Gasteiger partial charge < -0.3 is 18.6 Å². The van der Waals surface area contributed by atoms with Gasteiger partial charge in [0.15, 0.2) is 17.8 Å². The second-order valence-corrected chi connectivity index (χ2v) is 4.96. The number of halogens is 1. The SMILES string of the molecule is COC(=O)c1ccc(COc2c(OC)ccc(C=O)c2Br)o1. The number of carbonyl (C=O) groups is 2. The lowest BCUT2D eigenvalue weighted by atomic mass is 10.2. The van der Waals surface area contributed by atoms with E-state index in [1.54, 1.807) is 18.2 Å². The fraction of sp³-hybridized carbons (Fsp3) is 0.200. The van der Waals surface area contributed by atoms with Crippen LogP contribution >= 0.6 is 15.9 Å². The van der Waals surface area contributed by atoms with Crippen LogP contribution in [0.1, 0.15) is 26.7 Å². The lowest BCUT2D eigenvalue weighted by Crippen LogP contribution is -2.00. The van der Waals surface area contributed by atoms with Crippen molar-refractivity contribution in [1.29, 1.82) is 0 Å². The van der Waals surface area contributed by atoms with Crippen LogP contribution in [0.2, 0.25) is 0 Å². The molecule has 0 aliphatic carbocycles. The van der Waals surface area contributed by atoms with E-state index < -0.39 is 5.97 Å². The van der Waals surface area contributed by atoms with E-state index in [4.69, 9.17) is 13.9 Å². The highest BCUT2D eigenvalue weighted by Crippen LogP contribution is 2.37. The molecule has 0 aliphatic rings. The van der Waals surface area contributed by atoms with Crippen molar-refractivity contribution >= 4 is 28.2 Å². The van der Waals surface area contributed by atoms with E-state index in [9.17, 15) is 9.59 Å². The first-order valence-electron chi connectivity index (χ1n) is 6.22. The summed E-state index contributed by atoms with van der Waals surface area (Å²) < 4.78 is 21.2. The highest BCUT2D eigenvalue weighted by molar-refractivity contribution is 9.10. The number of rotatable bonds is 6. The summed E-state index contributed by atoms with van der Waals surface area (Å²) in [5.74, 6) is 0.813. The van der Waals surface area contributed by atoms with Crippen molar-refractivity contribution in [3.63, 3.8) is 0 Å². The van der Waals surface area contributed by atoms with E-state index in [0.717, 1.165) is 0 Å². The molecule has 2 rings (SSSR count). The van der Waals surface area contributed by atoms with E-state index in [1.807, 2.05) is 0 Å². The van der Waals surface area contributed by atoms with Crippen LogP contribution in [-0.2, 0) is 11.3 Å². The summed E-state index contributed by atoms with van der Waals surface area (Å²) in [5, 5.41) is 0. The first kappa shape index (κ1) is 16.1. The Morgan fingerprint density at radius 2 is 2.05 bits per heavy atom. The van der Waals surface area contributed by atoms with Crippen LogP contribution < -0.4 is 9.47 Å². The van der Waals surface area contributed by atoms with Crippen LogP contribution in [-0.4, -0.2) is 26.5 Å². The number of carbonyl (C=O) groups excluding carboxylic acids is 2. The van der Waals surface area contributed by atoms with Crippen LogP contribution in [0.5, 0.6) is 11.5 Å². The van der Waals surface area contributed by atoms with Crippen molar-refractivity contribution in [2.24, 2.45) is 0 Å². The lowest BCUT2D eigenvalue weighted by molar-refractivity contribution is 0.0560. The highest BCUT2D eigenvalue weighted by Gasteiger charge is 2.15. The Labute approximate surface area is 135 Å². The zero-order chi connectivity index (χ0) is 16.1. The van der Waals surface area contributed by atoms with Gasteiger partial charge in [-0.25, -0.2) is 4.79 Å². The van der Waals surface area contributed by atoms with Gasteiger partial charge in [-0.3, -0.25) is 4.79 Å². The van der Waals surface area contributed by atoms with Gasteiger partial charge in [0.2, 0.25) is 5.76 Å². The Balaban J connectivity index is 2.19. The molecule has 1 heterocycles. The number of furan rings is 1. The summed E-state index contributed by atoms with van der Waals surface area (Å²) in [6.07, 6.45) is 0.707. The smallest absolute Gasteiger partial charge is 0.373 e. The van der Waals surface area contributed by atoms with Gasteiger partial charge >= 0.3 is 5.97 Å². The molecule has 0 fully saturated rings. The number of ether oxygens (including phenoxy) is 3. The van der Waals surface area contributed by atoms with Gasteiger partial charge in [0.05, 0.1) is 18.7 Å². The molecule has 0 N–H and O–H groups in total. The van der Waals surface area contributed by atoms with Crippen molar-refractivity contribution in [2.75, 3.05) is 14.2 Å². The molecule has 22 heavy (non-hydrogen) atoms. The maximum Gasteiger partial charge on any atom is 0.373 e. The number of benzene rings is 1. The van der Waals surface area contributed by atoms with Crippen LogP contribution in [0, 0.1) is 0 Å². The molecule has 0 saturated carbocycles. The minimum absolute atomic E-state index is 0.0638. The average Bonchev–Trinajstić information content (AvgIpc) is 3.01. The molecule has 7 heteroatoms. The predicted octanol–water partition coefficient (Wildman–Crippen LogP) is 3.23. The van der Waals surface area contributed by atoms with Crippen molar-refractivity contribution in [3.05, 3.63) is 45.8 Å². The Kier molecular flexibility index (Phi) is 5.21. The van der Waals surface area contributed by atoms with Crippen molar-refractivity contribution < 1.29 is 28.2 Å². The maximum absolute atomic E-state index is 11.3. The summed E-state index contributed by atoms with van der Waals surface area (Å²) >= 11 is 3.31. The highest BCUT2D eigenvalue weighted by atomic mass is 79.9. The Morgan fingerprint density at radius 1 is 1.27 bits per heavy atom. The topological polar surface area (TPSA) is 75.0 Å². The van der Waals surface area contributed by atoms with E-state index in [-0.39, 0.29) is 12.4 Å². The molecular formula is C15H13BrO6. The molecule has 0 saturated heterocycles. The van der Waals surface area contributed by atoms with E-state index in [0.29, 0.717) is 33.6 Å². The fourth-order valence-electron chi connectivity index (χ4n) is 1.75. The third kappa shape index (κ3) is 3.30. The molecule has 0 radical (unpaired) electrons. The second kappa shape index (κ2) is 7.13. The minimum Gasteiger partial charge on any atom is -0.493 e. The Bertz CT molecular complexity index is 691. The molecule has 0 atom stereocenters. The van der Waals surface area contributed by atoms with Crippen LogP contribution in [0.15, 0.2) is 33.2 Å². The van der Waals surface area contributed by atoms with Gasteiger partial charge in [0, 0.05) is 5.56 Å². The molecule has 6 nitrogen and oxygen atoms in total. The van der Waals surface area contributed by atoms with Crippen LogP contribution in [0.25, 0.3) is 0 Å². The quantitative estimate of drug-likeness (QED) is 0.575. The van der Waals surface area contributed by atoms with Crippen LogP contribution in [0.3, 0.4) is 0 Å². The lowest BCUT2D eigenvalue weighted by Gasteiger charge is -2.12. The molecule has 1 aromatic carbocycles. The fourth-order valence-corrected chi connectivity index (χ4v) is 2.28. The summed E-state index contributed by atoms with van der Waals surface area (Å²) in [5.41, 5.74) is 0.436. The summed E-state index contributed by atoms with van der Waals surface area (Å²) in [6, 6.07) is 6.35. The zero-order valence-electron chi connectivity index (χ0n) is 11.9. The standard InChI is InChI=1S/C15H13BrO6/c1-19-11-5-3-9(7-17)13(16)14(11)21-8-10-4-6-12(22-10)15(18)20-2/h3-7H,8H2,1-2H3. The number of hydrogen-bond acceptors (Lipinski definition) is 6. The maximum atomic E-state index is 11.3. The third-order valence-electron chi connectivity index (χ3n) is 2.84. The summed E-state index contributed by atoms with van der Waals surface area (Å²) in [6.45, 7) is 0.0638. The average molecular weight is 369 g/mol. The molecule has 2 aromatic rings. The van der Waals surface area contributed by atoms with Crippen molar-refractivity contribution in [2.45, 2.75) is 6.61 Å². The normalized spacial score (nSPS) is 10.1. The monoisotopic (exact) mass is 368 g/mol. The zero-order valence-corrected chi connectivity index (χ0v) is 13.5. The Hall–Kier alpha value is -2.28. The van der Waals surface area contributed by atoms with Gasteiger partial charge in [-0.05, 0) is 40.2 Å².